The SMILES string of the molecule is C=N/C(=C1/CCN(c2cccc3cccc(Cl)c23)CC1=NCOCC12CCCN1CCC2)N(C)CC1CN(C(=O)/C=C/c2nc(C3CC3)no2)C1. The van der Waals surface area contributed by atoms with Gasteiger partial charge in [-0.25, -0.2) is 4.99 Å². The van der Waals surface area contributed by atoms with E-state index >= 15 is 0 Å². The van der Waals surface area contributed by atoms with Gasteiger partial charge in [-0.05, 0) is 82.3 Å². The lowest BCUT2D eigenvalue weighted by molar-refractivity contribution is -0.132. The summed E-state index contributed by atoms with van der Waals surface area (Å²) >= 11 is 6.77. The van der Waals surface area contributed by atoms with Crippen LogP contribution in [0.2, 0.25) is 5.02 Å². The number of likely N-dealkylation sites (tertiary alicyclic amines) is 1. The number of benzene rings is 2. The molecule has 1 saturated carbocycles. The Labute approximate surface area is 304 Å². The van der Waals surface area contributed by atoms with Gasteiger partial charge in [-0.1, -0.05) is 41.0 Å². The van der Waals surface area contributed by atoms with Crippen LogP contribution in [0.3, 0.4) is 0 Å². The van der Waals surface area contributed by atoms with Crippen molar-refractivity contribution in [2.24, 2.45) is 15.9 Å². The van der Waals surface area contributed by atoms with Gasteiger partial charge in [-0.2, -0.15) is 4.98 Å². The summed E-state index contributed by atoms with van der Waals surface area (Å²) in [5, 5.41) is 6.95. The van der Waals surface area contributed by atoms with Gasteiger partial charge in [0.15, 0.2) is 5.82 Å². The summed E-state index contributed by atoms with van der Waals surface area (Å²) in [7, 11) is 2.06. The molecule has 3 aromatic rings. The van der Waals surface area contributed by atoms with Crippen LogP contribution < -0.4 is 4.90 Å². The van der Waals surface area contributed by atoms with Gasteiger partial charge in [-0.3, -0.25) is 14.7 Å². The molecule has 1 aromatic heterocycles. The van der Waals surface area contributed by atoms with E-state index in [1.165, 1.54) is 44.8 Å². The zero-order valence-electron chi connectivity index (χ0n) is 29.5. The van der Waals surface area contributed by atoms with E-state index in [4.69, 9.17) is 25.9 Å². The Bertz CT molecular complexity index is 1860. The third-order valence-corrected chi connectivity index (χ3v) is 11.7. The molecule has 11 nitrogen and oxygen atoms in total. The standard InChI is InChI=1S/C39H47ClN8O3/c1-41-38(45(2)21-27-22-47(23-27)35(49)14-13-34-43-37(44-51-34)29-11-12-29)30-15-20-46(33-10-4-8-28-7-3-9-31(40)36(28)33)24-32(30)42-26-50-25-39-16-5-18-48(39)19-6-17-39/h3-4,7-10,13-14,27,29H,1,5-6,11-12,15-26H2,2H3/b14-13+,38-30+,42-32?. The predicted octanol–water partition coefficient (Wildman–Crippen LogP) is 6.02. The third kappa shape index (κ3) is 7.08. The number of ether oxygens (including phenoxy) is 1. The first-order valence-corrected chi connectivity index (χ1v) is 18.8. The zero-order valence-corrected chi connectivity index (χ0v) is 30.2. The largest absolute Gasteiger partial charge is 0.365 e. The number of hydrogen-bond acceptors (Lipinski definition) is 10. The van der Waals surface area contributed by atoms with Gasteiger partial charge in [0.05, 0.1) is 23.9 Å². The lowest BCUT2D eigenvalue weighted by Gasteiger charge is -2.41. The number of halogens is 1. The normalized spacial score (nSPS) is 22.6. The molecule has 8 rings (SSSR count). The number of carbonyl (C=O) groups is 1. The van der Waals surface area contributed by atoms with Crippen molar-refractivity contribution in [2.75, 3.05) is 71.1 Å². The summed E-state index contributed by atoms with van der Waals surface area (Å²) in [5.41, 5.74) is 3.36. The molecule has 0 radical (unpaired) electrons. The van der Waals surface area contributed by atoms with Crippen LogP contribution in [0, 0.1) is 5.92 Å². The Kier molecular flexibility index (Phi) is 9.69. The number of piperidine rings is 1. The van der Waals surface area contributed by atoms with Crippen molar-refractivity contribution in [3.05, 3.63) is 70.6 Å². The first-order chi connectivity index (χ1) is 24.9. The number of amides is 1. The molecule has 2 aromatic carbocycles. The van der Waals surface area contributed by atoms with E-state index in [1.807, 2.05) is 17.0 Å². The lowest BCUT2D eigenvalue weighted by atomic mass is 9.95. The third-order valence-electron chi connectivity index (χ3n) is 11.4. The fraction of sp³-hybridized carbons (Fsp3) is 0.513. The van der Waals surface area contributed by atoms with Gasteiger partial charge < -0.3 is 24.0 Å². The van der Waals surface area contributed by atoms with Crippen molar-refractivity contribution >= 4 is 52.5 Å². The van der Waals surface area contributed by atoms with Crippen LogP contribution >= 0.6 is 11.6 Å². The van der Waals surface area contributed by atoms with Crippen LogP contribution in [0.4, 0.5) is 5.69 Å². The van der Waals surface area contributed by atoms with Crippen molar-refractivity contribution in [3.63, 3.8) is 0 Å². The summed E-state index contributed by atoms with van der Waals surface area (Å²) in [6.07, 6.45) is 11.0. The summed E-state index contributed by atoms with van der Waals surface area (Å²) in [5.74, 6) is 2.64. The maximum Gasteiger partial charge on any atom is 0.250 e. The van der Waals surface area contributed by atoms with E-state index in [1.54, 1.807) is 6.08 Å². The van der Waals surface area contributed by atoms with Crippen molar-refractivity contribution in [2.45, 2.75) is 56.4 Å². The molecule has 0 spiro atoms. The fourth-order valence-corrected chi connectivity index (χ4v) is 8.83. The molecule has 4 saturated heterocycles. The number of nitrogens with zero attached hydrogens (tertiary/aromatic N) is 8. The predicted molar refractivity (Wildman–Crippen MR) is 201 cm³/mol. The molecule has 1 amide bonds. The Hall–Kier alpha value is -4.06. The highest BCUT2D eigenvalue weighted by molar-refractivity contribution is 6.36. The molecule has 12 heteroatoms. The Morgan fingerprint density at radius 1 is 1.16 bits per heavy atom. The smallest absolute Gasteiger partial charge is 0.250 e. The Morgan fingerprint density at radius 2 is 1.94 bits per heavy atom. The molecule has 268 valence electrons. The van der Waals surface area contributed by atoms with Crippen LogP contribution in [0.1, 0.15) is 62.6 Å². The van der Waals surface area contributed by atoms with Crippen LogP contribution in [0.5, 0.6) is 0 Å². The second kappa shape index (κ2) is 14.5. The van der Waals surface area contributed by atoms with E-state index in [0.29, 0.717) is 44.1 Å². The van der Waals surface area contributed by atoms with Crippen LogP contribution in [-0.2, 0) is 9.53 Å². The van der Waals surface area contributed by atoms with Gasteiger partial charge in [0, 0.05) is 79.4 Å². The van der Waals surface area contributed by atoms with Crippen molar-refractivity contribution in [1.82, 2.24) is 24.8 Å². The summed E-state index contributed by atoms with van der Waals surface area (Å²) in [6.45, 7) is 10.9. The first kappa shape index (κ1) is 34.0. The molecular formula is C39H47ClN8O3. The average molecular weight is 711 g/mol. The summed E-state index contributed by atoms with van der Waals surface area (Å²) in [4.78, 5) is 35.9. The molecule has 0 bridgehead atoms. The van der Waals surface area contributed by atoms with E-state index < -0.39 is 0 Å². The van der Waals surface area contributed by atoms with Crippen molar-refractivity contribution in [1.29, 1.82) is 0 Å². The Morgan fingerprint density at radius 3 is 2.71 bits per heavy atom. The van der Waals surface area contributed by atoms with E-state index in [-0.39, 0.29) is 11.4 Å². The second-order valence-corrected chi connectivity index (χ2v) is 15.2. The number of carbonyl (C=O) groups excluding carboxylic acids is 1. The fourth-order valence-electron chi connectivity index (χ4n) is 8.55. The lowest BCUT2D eigenvalue weighted by Crippen LogP contribution is -2.53. The first-order valence-electron chi connectivity index (χ1n) is 18.4. The minimum Gasteiger partial charge on any atom is -0.365 e. The van der Waals surface area contributed by atoms with Gasteiger partial charge in [0.2, 0.25) is 5.91 Å². The number of aromatic nitrogens is 2. The second-order valence-electron chi connectivity index (χ2n) is 14.8. The number of rotatable bonds is 12. The van der Waals surface area contributed by atoms with Crippen molar-refractivity contribution in [3.8, 4) is 0 Å². The van der Waals surface area contributed by atoms with Crippen molar-refractivity contribution < 1.29 is 14.1 Å². The maximum absolute atomic E-state index is 12.8. The summed E-state index contributed by atoms with van der Waals surface area (Å²) in [6, 6.07) is 12.4. The van der Waals surface area contributed by atoms with E-state index in [9.17, 15) is 4.79 Å². The van der Waals surface area contributed by atoms with Gasteiger partial charge in [0.1, 0.15) is 12.6 Å². The van der Waals surface area contributed by atoms with Crippen LogP contribution in [0.15, 0.2) is 68.4 Å². The quantitative estimate of drug-likeness (QED) is 0.128. The minimum absolute atomic E-state index is 0.0475. The van der Waals surface area contributed by atoms with Gasteiger partial charge in [0.25, 0.3) is 5.89 Å². The molecule has 0 atom stereocenters. The minimum atomic E-state index is -0.0475. The Balaban J connectivity index is 0.956. The molecule has 5 heterocycles. The molecular weight excluding hydrogens is 664 g/mol. The number of aliphatic imine (C=N–C) groups is 2. The molecule has 5 fully saturated rings. The maximum atomic E-state index is 12.8. The van der Waals surface area contributed by atoms with Gasteiger partial charge >= 0.3 is 0 Å². The number of fused-ring (bicyclic) bond motifs is 2. The molecule has 1 aliphatic carbocycles. The topological polar surface area (TPSA) is 103 Å². The molecule has 0 unspecified atom stereocenters. The van der Waals surface area contributed by atoms with E-state index in [0.717, 1.165) is 83.4 Å². The molecule has 51 heavy (non-hydrogen) atoms. The molecule has 0 N–H and O–H groups in total. The number of hydrogen-bond donors (Lipinski definition) is 0. The monoisotopic (exact) mass is 710 g/mol. The number of anilines is 1. The highest BCUT2D eigenvalue weighted by atomic mass is 35.5. The summed E-state index contributed by atoms with van der Waals surface area (Å²) < 4.78 is 11.6. The van der Waals surface area contributed by atoms with Crippen LogP contribution in [-0.4, -0.2) is 115 Å². The van der Waals surface area contributed by atoms with Crippen LogP contribution in [0.25, 0.3) is 16.8 Å². The zero-order chi connectivity index (χ0) is 35.0. The highest BCUT2D eigenvalue weighted by Crippen LogP contribution is 2.40. The van der Waals surface area contributed by atoms with E-state index in [2.05, 4.69) is 67.9 Å². The van der Waals surface area contributed by atoms with Gasteiger partial charge in [-0.15, -0.1) is 0 Å². The average Bonchev–Trinajstić information content (AvgIpc) is 3.52. The highest BCUT2D eigenvalue weighted by Gasteiger charge is 2.44. The molecule has 5 aliphatic rings. The molecule has 4 aliphatic heterocycles.